The molecule has 0 aliphatic rings. The molecule has 0 saturated carbocycles. The average molecular weight is 286 g/mol. The van der Waals surface area contributed by atoms with Crippen molar-refractivity contribution in [2.45, 2.75) is 20.0 Å². The lowest BCUT2D eigenvalue weighted by molar-refractivity contribution is -0.140. The van der Waals surface area contributed by atoms with Gasteiger partial charge in [0, 0.05) is 19.4 Å². The Balaban J connectivity index is 1.96. The Morgan fingerprint density at radius 3 is 2.57 bits per heavy atom. The molecule has 0 aromatic heterocycles. The van der Waals surface area contributed by atoms with Crippen LogP contribution in [0.1, 0.15) is 18.1 Å². The summed E-state index contributed by atoms with van der Waals surface area (Å²) in [5, 5.41) is 9.71. The average Bonchev–Trinajstić information content (AvgIpc) is 2.45. The number of phenolic OH excluding ortho intramolecular Hbond substituents is 1. The summed E-state index contributed by atoms with van der Waals surface area (Å²) in [5.74, 6) is 0.422. The van der Waals surface area contributed by atoms with Gasteiger partial charge in [-0.25, -0.2) is 0 Å². The van der Waals surface area contributed by atoms with Gasteiger partial charge in [-0.3, -0.25) is 4.79 Å². The molecule has 2 aromatic carbocycles. The highest BCUT2D eigenvalue weighted by molar-refractivity contribution is 5.65. The fourth-order valence-electron chi connectivity index (χ4n) is 1.92. The SMILES string of the molecule is CC(=O)OCCc1cc(O)cc(OCc2ccccc2)c1. The van der Waals surface area contributed by atoms with Crippen LogP contribution in [0, 0.1) is 0 Å². The van der Waals surface area contributed by atoms with Crippen LogP contribution in [0.15, 0.2) is 48.5 Å². The van der Waals surface area contributed by atoms with E-state index in [1.54, 1.807) is 12.1 Å². The van der Waals surface area contributed by atoms with Gasteiger partial charge in [-0.1, -0.05) is 30.3 Å². The van der Waals surface area contributed by atoms with E-state index in [2.05, 4.69) is 0 Å². The number of hydrogen-bond acceptors (Lipinski definition) is 4. The molecule has 4 heteroatoms. The largest absolute Gasteiger partial charge is 0.508 e. The van der Waals surface area contributed by atoms with Gasteiger partial charge in [-0.15, -0.1) is 0 Å². The van der Waals surface area contributed by atoms with E-state index in [4.69, 9.17) is 9.47 Å². The normalized spacial score (nSPS) is 10.1. The van der Waals surface area contributed by atoms with E-state index < -0.39 is 0 Å². The van der Waals surface area contributed by atoms with Gasteiger partial charge in [0.25, 0.3) is 0 Å². The molecule has 0 spiro atoms. The van der Waals surface area contributed by atoms with Crippen molar-refractivity contribution in [1.82, 2.24) is 0 Å². The second kappa shape index (κ2) is 7.33. The molecule has 0 amide bonds. The number of benzene rings is 2. The zero-order valence-corrected chi connectivity index (χ0v) is 11.9. The van der Waals surface area contributed by atoms with Gasteiger partial charge in [-0.2, -0.15) is 0 Å². The van der Waals surface area contributed by atoms with Crippen molar-refractivity contribution >= 4 is 5.97 Å². The number of hydrogen-bond donors (Lipinski definition) is 1. The molecular formula is C17H18O4. The molecule has 2 rings (SSSR count). The quantitative estimate of drug-likeness (QED) is 0.829. The minimum Gasteiger partial charge on any atom is -0.508 e. The molecule has 0 bridgehead atoms. The van der Waals surface area contributed by atoms with Gasteiger partial charge in [0.1, 0.15) is 18.1 Å². The van der Waals surface area contributed by atoms with Crippen LogP contribution < -0.4 is 4.74 Å². The van der Waals surface area contributed by atoms with E-state index in [-0.39, 0.29) is 18.3 Å². The van der Waals surface area contributed by atoms with Crippen molar-refractivity contribution in [2.75, 3.05) is 6.61 Å². The van der Waals surface area contributed by atoms with E-state index >= 15 is 0 Å². The molecule has 0 fully saturated rings. The Bertz CT molecular complexity index is 593. The van der Waals surface area contributed by atoms with Crippen LogP contribution in [0.5, 0.6) is 11.5 Å². The van der Waals surface area contributed by atoms with Gasteiger partial charge in [0.05, 0.1) is 6.61 Å². The fourth-order valence-corrected chi connectivity index (χ4v) is 1.92. The second-order valence-corrected chi connectivity index (χ2v) is 4.70. The second-order valence-electron chi connectivity index (χ2n) is 4.70. The summed E-state index contributed by atoms with van der Waals surface area (Å²) in [6.07, 6.45) is 0.537. The van der Waals surface area contributed by atoms with E-state index in [0.29, 0.717) is 18.8 Å². The first-order valence-corrected chi connectivity index (χ1v) is 6.76. The van der Waals surface area contributed by atoms with E-state index in [1.165, 1.54) is 6.92 Å². The molecule has 1 N–H and O–H groups in total. The molecule has 0 heterocycles. The van der Waals surface area contributed by atoms with Crippen molar-refractivity contribution in [1.29, 1.82) is 0 Å². The van der Waals surface area contributed by atoms with Crippen LogP contribution >= 0.6 is 0 Å². The lowest BCUT2D eigenvalue weighted by atomic mass is 10.1. The number of aromatic hydroxyl groups is 1. The van der Waals surface area contributed by atoms with Crippen LogP contribution in [0.2, 0.25) is 0 Å². The molecule has 21 heavy (non-hydrogen) atoms. The summed E-state index contributed by atoms with van der Waals surface area (Å²) >= 11 is 0. The number of carbonyl (C=O) groups is 1. The molecule has 0 saturated heterocycles. The summed E-state index contributed by atoms with van der Waals surface area (Å²) in [5.41, 5.74) is 1.92. The molecule has 2 aromatic rings. The molecule has 0 aliphatic carbocycles. The van der Waals surface area contributed by atoms with Crippen molar-refractivity contribution in [3.05, 3.63) is 59.7 Å². The summed E-state index contributed by atoms with van der Waals surface area (Å²) in [6, 6.07) is 14.8. The van der Waals surface area contributed by atoms with E-state index in [0.717, 1.165) is 11.1 Å². The number of rotatable bonds is 6. The number of esters is 1. The Morgan fingerprint density at radius 2 is 1.86 bits per heavy atom. The first-order chi connectivity index (χ1) is 10.1. The first-order valence-electron chi connectivity index (χ1n) is 6.76. The fraction of sp³-hybridized carbons (Fsp3) is 0.235. The minimum atomic E-state index is -0.310. The summed E-state index contributed by atoms with van der Waals surface area (Å²) in [6.45, 7) is 2.10. The maximum atomic E-state index is 10.7. The van der Waals surface area contributed by atoms with Gasteiger partial charge in [0.15, 0.2) is 0 Å². The summed E-state index contributed by atoms with van der Waals surface area (Å²) < 4.78 is 10.6. The number of carbonyl (C=O) groups excluding carboxylic acids is 1. The Morgan fingerprint density at radius 1 is 1.10 bits per heavy atom. The molecule has 0 atom stereocenters. The van der Waals surface area contributed by atoms with E-state index in [1.807, 2.05) is 36.4 Å². The van der Waals surface area contributed by atoms with Crippen LogP contribution in [0.3, 0.4) is 0 Å². The molecule has 0 aliphatic heterocycles. The molecule has 4 nitrogen and oxygen atoms in total. The Labute approximate surface area is 123 Å². The zero-order chi connectivity index (χ0) is 15.1. The first kappa shape index (κ1) is 14.9. The monoisotopic (exact) mass is 286 g/mol. The van der Waals surface area contributed by atoms with Crippen molar-refractivity contribution in [2.24, 2.45) is 0 Å². The maximum absolute atomic E-state index is 10.7. The van der Waals surface area contributed by atoms with Crippen molar-refractivity contribution in [3.8, 4) is 11.5 Å². The Hall–Kier alpha value is -2.49. The molecule has 0 unspecified atom stereocenters. The lowest BCUT2D eigenvalue weighted by Gasteiger charge is -2.09. The van der Waals surface area contributed by atoms with Crippen molar-refractivity contribution < 1.29 is 19.4 Å². The molecule has 110 valence electrons. The van der Waals surface area contributed by atoms with Gasteiger partial charge >= 0.3 is 5.97 Å². The molecule has 0 radical (unpaired) electrons. The predicted octanol–water partition coefficient (Wildman–Crippen LogP) is 3.08. The zero-order valence-electron chi connectivity index (χ0n) is 11.9. The van der Waals surface area contributed by atoms with Crippen LogP contribution in [-0.4, -0.2) is 17.7 Å². The minimum absolute atomic E-state index is 0.137. The van der Waals surface area contributed by atoms with Crippen LogP contribution in [0.4, 0.5) is 0 Å². The Kier molecular flexibility index (Phi) is 5.21. The number of phenols is 1. The third-order valence-corrected chi connectivity index (χ3v) is 2.90. The topological polar surface area (TPSA) is 55.8 Å². The highest BCUT2D eigenvalue weighted by Crippen LogP contribution is 2.23. The summed E-state index contributed by atoms with van der Waals surface area (Å²) in [7, 11) is 0. The maximum Gasteiger partial charge on any atom is 0.302 e. The third-order valence-electron chi connectivity index (χ3n) is 2.90. The lowest BCUT2D eigenvalue weighted by Crippen LogP contribution is -2.03. The van der Waals surface area contributed by atoms with Crippen molar-refractivity contribution in [3.63, 3.8) is 0 Å². The van der Waals surface area contributed by atoms with Gasteiger partial charge in [0.2, 0.25) is 0 Å². The predicted molar refractivity (Wildman–Crippen MR) is 79.2 cm³/mol. The third kappa shape index (κ3) is 5.18. The van der Waals surface area contributed by atoms with Crippen LogP contribution in [0.25, 0.3) is 0 Å². The smallest absolute Gasteiger partial charge is 0.302 e. The van der Waals surface area contributed by atoms with Gasteiger partial charge < -0.3 is 14.6 Å². The van der Waals surface area contributed by atoms with E-state index in [9.17, 15) is 9.90 Å². The van der Waals surface area contributed by atoms with Gasteiger partial charge in [-0.05, 0) is 23.3 Å². The standard InChI is InChI=1S/C17H18O4/c1-13(18)20-8-7-15-9-16(19)11-17(10-15)21-12-14-5-3-2-4-6-14/h2-6,9-11,19H,7-8,12H2,1H3. The molecular weight excluding hydrogens is 268 g/mol. The summed E-state index contributed by atoms with van der Waals surface area (Å²) in [4.78, 5) is 10.7. The highest BCUT2D eigenvalue weighted by Gasteiger charge is 2.03. The van der Waals surface area contributed by atoms with Crippen LogP contribution in [-0.2, 0) is 22.6 Å². The highest BCUT2D eigenvalue weighted by atomic mass is 16.5. The number of ether oxygens (including phenoxy) is 2.